The molecule has 1 aliphatic heterocycles. The average Bonchev–Trinajstić information content (AvgIpc) is 3.08. The Morgan fingerprint density at radius 2 is 1.86 bits per heavy atom. The first-order valence-corrected chi connectivity index (χ1v) is 10.9. The highest BCUT2D eigenvalue weighted by atomic mass is 32.1. The molecular weight excluding hydrogens is 388 g/mol. The zero-order chi connectivity index (χ0) is 19.3. The second kappa shape index (κ2) is 8.81. The minimum absolute atomic E-state index is 0.821. The van der Waals surface area contributed by atoms with Gasteiger partial charge in [-0.15, -0.1) is 5.10 Å². The van der Waals surface area contributed by atoms with Crippen LogP contribution in [0.25, 0.3) is 0 Å². The van der Waals surface area contributed by atoms with Crippen LogP contribution in [-0.2, 0) is 13.1 Å². The molecule has 0 radical (unpaired) electrons. The summed E-state index contributed by atoms with van der Waals surface area (Å²) in [6.07, 6.45) is 5.01. The van der Waals surface area contributed by atoms with Crippen LogP contribution in [0.5, 0.6) is 0 Å². The van der Waals surface area contributed by atoms with Crippen molar-refractivity contribution in [1.82, 2.24) is 9.78 Å². The fourth-order valence-electron chi connectivity index (χ4n) is 3.44. The zero-order valence-corrected chi connectivity index (χ0v) is 17.7. The molecule has 1 saturated heterocycles. The molecule has 1 aromatic carbocycles. The summed E-state index contributed by atoms with van der Waals surface area (Å²) in [7, 11) is 0. The van der Waals surface area contributed by atoms with Crippen LogP contribution in [0.1, 0.15) is 12.5 Å². The molecule has 0 amide bonds. The first-order valence-electron chi connectivity index (χ1n) is 9.70. The molecular formula is C20H26N6S2+2. The predicted octanol–water partition coefficient (Wildman–Crippen LogP) is 2.16. The van der Waals surface area contributed by atoms with E-state index in [1.165, 1.54) is 27.5 Å². The molecule has 0 atom stereocenters. The van der Waals surface area contributed by atoms with Gasteiger partial charge in [0.25, 0.3) is 0 Å². The molecule has 4 rings (SSSR count). The number of nitrogens with zero attached hydrogens (tertiary/aromatic N) is 3. The SMILES string of the molecule is CCc1ccc(Nc2nn(C[NH+]3CCN(c4cc[nH+]cc4)CC3)c(=S)s2)cc1. The van der Waals surface area contributed by atoms with Crippen molar-refractivity contribution in [3.63, 3.8) is 0 Å². The van der Waals surface area contributed by atoms with Crippen LogP contribution in [0.15, 0.2) is 48.8 Å². The number of pyridine rings is 1. The van der Waals surface area contributed by atoms with Gasteiger partial charge in [-0.2, -0.15) is 4.68 Å². The highest BCUT2D eigenvalue weighted by molar-refractivity contribution is 7.73. The molecule has 0 aliphatic carbocycles. The third-order valence-corrected chi connectivity index (χ3v) is 6.35. The first-order chi connectivity index (χ1) is 13.7. The molecule has 2 aromatic heterocycles. The third-order valence-electron chi connectivity index (χ3n) is 5.13. The minimum atomic E-state index is 0.821. The predicted molar refractivity (Wildman–Crippen MR) is 116 cm³/mol. The van der Waals surface area contributed by atoms with Crippen LogP contribution in [0, 0.1) is 3.95 Å². The van der Waals surface area contributed by atoms with Gasteiger partial charge >= 0.3 is 0 Å². The Morgan fingerprint density at radius 1 is 1.14 bits per heavy atom. The second-order valence-electron chi connectivity index (χ2n) is 7.00. The number of aromatic nitrogens is 3. The Kier molecular flexibility index (Phi) is 5.99. The largest absolute Gasteiger partial charge is 0.360 e. The molecule has 0 saturated carbocycles. The van der Waals surface area contributed by atoms with Crippen molar-refractivity contribution in [2.75, 3.05) is 36.4 Å². The number of quaternary nitrogens is 1. The van der Waals surface area contributed by atoms with Crippen LogP contribution >= 0.6 is 23.6 Å². The van der Waals surface area contributed by atoms with Crippen molar-refractivity contribution in [3.05, 3.63) is 58.3 Å². The van der Waals surface area contributed by atoms with Gasteiger partial charge in [0.15, 0.2) is 23.0 Å². The van der Waals surface area contributed by atoms with Crippen LogP contribution < -0.4 is 20.1 Å². The fourth-order valence-corrected chi connectivity index (χ4v) is 4.47. The van der Waals surface area contributed by atoms with Gasteiger partial charge in [0.2, 0.25) is 5.13 Å². The maximum atomic E-state index is 5.55. The van der Waals surface area contributed by atoms with E-state index in [1.807, 2.05) is 17.1 Å². The topological polar surface area (TPSA) is 51.7 Å². The summed E-state index contributed by atoms with van der Waals surface area (Å²) in [5.41, 5.74) is 3.66. The highest BCUT2D eigenvalue weighted by Crippen LogP contribution is 2.20. The molecule has 1 aliphatic rings. The van der Waals surface area contributed by atoms with E-state index in [1.54, 1.807) is 0 Å². The lowest BCUT2D eigenvalue weighted by molar-refractivity contribution is -0.924. The fraction of sp³-hybridized carbons (Fsp3) is 0.350. The van der Waals surface area contributed by atoms with E-state index in [-0.39, 0.29) is 0 Å². The summed E-state index contributed by atoms with van der Waals surface area (Å²) in [5.74, 6) is 0. The molecule has 0 spiro atoms. The van der Waals surface area contributed by atoms with Gasteiger partial charge in [-0.05, 0) is 36.3 Å². The van der Waals surface area contributed by atoms with E-state index < -0.39 is 0 Å². The molecule has 3 heterocycles. The summed E-state index contributed by atoms with van der Waals surface area (Å²) in [4.78, 5) is 7.03. The van der Waals surface area contributed by atoms with E-state index in [4.69, 9.17) is 17.3 Å². The van der Waals surface area contributed by atoms with Gasteiger partial charge in [0, 0.05) is 23.5 Å². The van der Waals surface area contributed by atoms with E-state index >= 15 is 0 Å². The smallest absolute Gasteiger partial charge is 0.209 e. The van der Waals surface area contributed by atoms with Crippen molar-refractivity contribution in [3.8, 4) is 0 Å². The average molecular weight is 415 g/mol. The molecule has 8 heteroatoms. The first kappa shape index (κ1) is 19.0. The Morgan fingerprint density at radius 3 is 2.54 bits per heavy atom. The highest BCUT2D eigenvalue weighted by Gasteiger charge is 2.21. The Balaban J connectivity index is 1.35. The van der Waals surface area contributed by atoms with Crippen molar-refractivity contribution < 1.29 is 9.88 Å². The number of nitrogens with one attached hydrogen (secondary N) is 3. The monoisotopic (exact) mass is 414 g/mol. The van der Waals surface area contributed by atoms with Crippen molar-refractivity contribution in [2.45, 2.75) is 20.0 Å². The summed E-state index contributed by atoms with van der Waals surface area (Å²) >= 11 is 7.08. The number of rotatable bonds is 6. The van der Waals surface area contributed by atoms with Crippen LogP contribution in [0.2, 0.25) is 0 Å². The number of aromatic amines is 1. The van der Waals surface area contributed by atoms with Gasteiger partial charge in [-0.3, -0.25) is 0 Å². The Hall–Kier alpha value is -2.29. The molecule has 28 heavy (non-hydrogen) atoms. The quantitative estimate of drug-likeness (QED) is 0.607. The van der Waals surface area contributed by atoms with Crippen molar-refractivity contribution >= 4 is 40.1 Å². The van der Waals surface area contributed by atoms with Crippen LogP contribution in [0.3, 0.4) is 0 Å². The van der Waals surface area contributed by atoms with E-state index in [9.17, 15) is 0 Å². The number of piperazine rings is 1. The van der Waals surface area contributed by atoms with Crippen LogP contribution in [0.4, 0.5) is 16.5 Å². The maximum Gasteiger partial charge on any atom is 0.209 e. The van der Waals surface area contributed by atoms with Gasteiger partial charge < -0.3 is 15.1 Å². The normalized spacial score (nSPS) is 15.0. The number of hydrogen-bond acceptors (Lipinski definition) is 5. The number of anilines is 3. The number of hydrogen-bond donors (Lipinski definition) is 2. The van der Waals surface area contributed by atoms with E-state index in [2.05, 4.69) is 58.5 Å². The van der Waals surface area contributed by atoms with Gasteiger partial charge in [0.05, 0.1) is 26.2 Å². The summed E-state index contributed by atoms with van der Waals surface area (Å²) in [6.45, 7) is 7.24. The summed E-state index contributed by atoms with van der Waals surface area (Å²) < 4.78 is 2.78. The lowest BCUT2D eigenvalue weighted by Gasteiger charge is -2.33. The molecule has 0 bridgehead atoms. The summed E-state index contributed by atoms with van der Waals surface area (Å²) in [5, 5.41) is 8.94. The van der Waals surface area contributed by atoms with E-state index in [0.29, 0.717) is 0 Å². The van der Waals surface area contributed by atoms with E-state index in [0.717, 1.165) is 54.0 Å². The zero-order valence-electron chi connectivity index (χ0n) is 16.0. The summed E-state index contributed by atoms with van der Waals surface area (Å²) in [6, 6.07) is 12.7. The lowest BCUT2D eigenvalue weighted by Crippen LogP contribution is -3.14. The number of aryl methyl sites for hydroxylation is 1. The minimum Gasteiger partial charge on any atom is -0.360 e. The van der Waals surface area contributed by atoms with Gasteiger partial charge in [-0.25, -0.2) is 4.98 Å². The van der Waals surface area contributed by atoms with Gasteiger partial charge in [0.1, 0.15) is 0 Å². The maximum absolute atomic E-state index is 5.55. The number of benzene rings is 1. The Bertz CT molecular complexity index is 943. The van der Waals surface area contributed by atoms with Crippen molar-refractivity contribution in [2.24, 2.45) is 0 Å². The van der Waals surface area contributed by atoms with Crippen LogP contribution in [-0.4, -0.2) is 36.0 Å². The van der Waals surface area contributed by atoms with Crippen molar-refractivity contribution in [1.29, 1.82) is 0 Å². The standard InChI is InChI=1S/C20H24N6S2/c1-2-16-3-5-17(6-4-16)22-19-23-26(20(27)28-19)15-24-11-13-25(14-12-24)18-7-9-21-10-8-18/h3-10H,2,11-15H2,1H3,(H,22,23)/p+2. The second-order valence-corrected chi connectivity index (χ2v) is 8.62. The molecule has 1 fully saturated rings. The molecule has 0 unspecified atom stereocenters. The van der Waals surface area contributed by atoms with Gasteiger partial charge in [-0.1, -0.05) is 30.4 Å². The molecule has 6 nitrogen and oxygen atoms in total. The lowest BCUT2D eigenvalue weighted by atomic mass is 10.1. The molecule has 146 valence electrons. The third kappa shape index (κ3) is 4.57. The number of H-pyrrole nitrogens is 1. The molecule has 3 N–H and O–H groups in total. The molecule has 3 aromatic rings. The Labute approximate surface area is 174 Å².